The molecule has 0 spiro atoms. The molecular weight excluding hydrogens is 264 g/mol. The minimum Gasteiger partial charge on any atom is -0.491 e. The van der Waals surface area contributed by atoms with E-state index >= 15 is 0 Å². The number of rotatable bonds is 4. The highest BCUT2D eigenvalue weighted by molar-refractivity contribution is 7.19. The van der Waals surface area contributed by atoms with Crippen molar-refractivity contribution in [2.45, 2.75) is 20.0 Å². The zero-order valence-corrected chi connectivity index (χ0v) is 11.4. The Morgan fingerprint density at radius 2 is 2.21 bits per heavy atom. The van der Waals surface area contributed by atoms with Crippen LogP contribution in [-0.4, -0.2) is 22.2 Å². The van der Waals surface area contributed by atoms with Crippen molar-refractivity contribution in [1.82, 2.24) is 4.98 Å². The zero-order valence-electron chi connectivity index (χ0n) is 10.6. The van der Waals surface area contributed by atoms with Crippen molar-refractivity contribution in [3.8, 4) is 16.2 Å². The molecule has 100 valence electrons. The van der Waals surface area contributed by atoms with Gasteiger partial charge in [0.1, 0.15) is 5.75 Å². The molecule has 1 aromatic heterocycles. The molecule has 0 aliphatic heterocycles. The predicted molar refractivity (Wildman–Crippen MR) is 74.7 cm³/mol. The highest BCUT2D eigenvalue weighted by Crippen LogP contribution is 2.33. The summed E-state index contributed by atoms with van der Waals surface area (Å²) in [7, 11) is 0. The number of carboxylic acid groups (broad SMARTS) is 1. The second-order valence-electron chi connectivity index (χ2n) is 4.23. The van der Waals surface area contributed by atoms with Gasteiger partial charge in [-0.2, -0.15) is 0 Å². The van der Waals surface area contributed by atoms with E-state index in [-0.39, 0.29) is 16.9 Å². The first-order chi connectivity index (χ1) is 8.97. The number of hydrogen-bond acceptors (Lipinski definition) is 5. The highest BCUT2D eigenvalue weighted by atomic mass is 32.1. The quantitative estimate of drug-likeness (QED) is 0.898. The van der Waals surface area contributed by atoms with Crippen LogP contribution in [0.5, 0.6) is 5.75 Å². The fraction of sp³-hybridized carbons (Fsp3) is 0.231. The van der Waals surface area contributed by atoms with E-state index < -0.39 is 5.97 Å². The minimum atomic E-state index is -1.09. The van der Waals surface area contributed by atoms with E-state index in [4.69, 9.17) is 15.6 Å². The summed E-state index contributed by atoms with van der Waals surface area (Å²) in [6.07, 6.45) is 0.0562. The molecule has 0 saturated carbocycles. The van der Waals surface area contributed by atoms with Gasteiger partial charge in [0.05, 0.1) is 11.0 Å². The van der Waals surface area contributed by atoms with Gasteiger partial charge in [0.15, 0.2) is 10.8 Å². The molecule has 19 heavy (non-hydrogen) atoms. The number of carboxylic acids is 1. The van der Waals surface area contributed by atoms with Gasteiger partial charge in [-0.25, -0.2) is 9.78 Å². The van der Waals surface area contributed by atoms with Crippen LogP contribution in [0.1, 0.15) is 24.3 Å². The average Bonchev–Trinajstić information content (AvgIpc) is 2.71. The number of ether oxygens (including phenoxy) is 1. The summed E-state index contributed by atoms with van der Waals surface area (Å²) in [5.41, 5.74) is 6.30. The summed E-state index contributed by atoms with van der Waals surface area (Å²) in [5, 5.41) is 9.35. The third-order valence-electron chi connectivity index (χ3n) is 2.31. The van der Waals surface area contributed by atoms with E-state index in [9.17, 15) is 4.79 Å². The van der Waals surface area contributed by atoms with Crippen molar-refractivity contribution in [3.63, 3.8) is 0 Å². The Hall–Kier alpha value is -2.08. The van der Waals surface area contributed by atoms with Crippen molar-refractivity contribution >= 4 is 22.4 Å². The third-order valence-corrected chi connectivity index (χ3v) is 3.25. The van der Waals surface area contributed by atoms with Gasteiger partial charge in [0, 0.05) is 0 Å². The molecule has 3 N–H and O–H groups in total. The first-order valence-electron chi connectivity index (χ1n) is 5.74. The predicted octanol–water partition coefficient (Wildman–Crippen LogP) is 2.88. The van der Waals surface area contributed by atoms with Crippen LogP contribution in [0.3, 0.4) is 0 Å². The number of thiazole rings is 1. The van der Waals surface area contributed by atoms with E-state index in [2.05, 4.69) is 4.98 Å². The summed E-state index contributed by atoms with van der Waals surface area (Å²) < 4.78 is 5.59. The smallest absolute Gasteiger partial charge is 0.356 e. The summed E-state index contributed by atoms with van der Waals surface area (Å²) in [5.74, 6) is -0.394. The number of anilines is 1. The molecule has 0 saturated heterocycles. The number of carbonyl (C=O) groups is 1. The summed E-state index contributed by atoms with van der Waals surface area (Å²) >= 11 is 1.15. The topological polar surface area (TPSA) is 85.4 Å². The maximum Gasteiger partial charge on any atom is 0.356 e. The van der Waals surface area contributed by atoms with Crippen molar-refractivity contribution in [2.75, 3.05) is 5.73 Å². The number of aromatic nitrogens is 1. The SMILES string of the molecule is CC(C)Oc1cccc(-c2sc(N)nc2C(=O)O)c1. The molecule has 6 heteroatoms. The fourth-order valence-corrected chi connectivity index (χ4v) is 2.48. The van der Waals surface area contributed by atoms with Crippen molar-refractivity contribution in [2.24, 2.45) is 0 Å². The lowest BCUT2D eigenvalue weighted by Crippen LogP contribution is -2.05. The first kappa shape index (κ1) is 13.4. The van der Waals surface area contributed by atoms with Gasteiger partial charge in [-0.1, -0.05) is 23.5 Å². The molecule has 0 unspecified atom stereocenters. The van der Waals surface area contributed by atoms with Crippen LogP contribution in [0.15, 0.2) is 24.3 Å². The Kier molecular flexibility index (Phi) is 3.71. The van der Waals surface area contributed by atoms with Crippen molar-refractivity contribution in [1.29, 1.82) is 0 Å². The maximum absolute atomic E-state index is 11.1. The number of nitrogen functional groups attached to an aromatic ring is 1. The molecule has 5 nitrogen and oxygen atoms in total. The van der Waals surface area contributed by atoms with Crippen LogP contribution in [0.4, 0.5) is 5.13 Å². The Morgan fingerprint density at radius 3 is 2.84 bits per heavy atom. The first-order valence-corrected chi connectivity index (χ1v) is 6.55. The van der Waals surface area contributed by atoms with E-state index in [1.807, 2.05) is 32.0 Å². The average molecular weight is 278 g/mol. The second-order valence-corrected chi connectivity index (χ2v) is 5.26. The number of aromatic carboxylic acids is 1. The van der Waals surface area contributed by atoms with E-state index in [1.54, 1.807) is 6.07 Å². The lowest BCUT2D eigenvalue weighted by Gasteiger charge is -2.10. The Morgan fingerprint density at radius 1 is 1.47 bits per heavy atom. The maximum atomic E-state index is 11.1. The van der Waals surface area contributed by atoms with E-state index in [0.717, 1.165) is 16.9 Å². The molecule has 2 aromatic rings. The molecule has 0 fully saturated rings. The summed E-state index contributed by atoms with van der Waals surface area (Å²) in [6.45, 7) is 3.86. The number of nitrogens with zero attached hydrogens (tertiary/aromatic N) is 1. The fourth-order valence-electron chi connectivity index (χ4n) is 1.66. The van der Waals surface area contributed by atoms with E-state index in [0.29, 0.717) is 10.6 Å². The van der Waals surface area contributed by atoms with Crippen LogP contribution in [-0.2, 0) is 0 Å². The van der Waals surface area contributed by atoms with Gasteiger partial charge in [-0.3, -0.25) is 0 Å². The lowest BCUT2D eigenvalue weighted by atomic mass is 10.1. The molecule has 0 radical (unpaired) electrons. The molecule has 2 rings (SSSR count). The van der Waals surface area contributed by atoms with Gasteiger partial charge in [-0.05, 0) is 31.5 Å². The minimum absolute atomic E-state index is 0.0239. The van der Waals surface area contributed by atoms with Crippen LogP contribution < -0.4 is 10.5 Å². The normalized spacial score (nSPS) is 10.7. The molecule has 1 aromatic carbocycles. The lowest BCUT2D eigenvalue weighted by molar-refractivity contribution is 0.0692. The zero-order chi connectivity index (χ0) is 14.0. The standard InChI is InChI=1S/C13H14N2O3S/c1-7(2)18-9-5-3-4-8(6-9)11-10(12(16)17)15-13(14)19-11/h3-7H,1-2H3,(H2,14,15)(H,16,17). The van der Waals surface area contributed by atoms with Crippen molar-refractivity contribution < 1.29 is 14.6 Å². The second kappa shape index (κ2) is 5.27. The molecule has 0 amide bonds. The van der Waals surface area contributed by atoms with Crippen molar-refractivity contribution in [3.05, 3.63) is 30.0 Å². The molecule has 0 bridgehead atoms. The van der Waals surface area contributed by atoms with Crippen LogP contribution >= 0.6 is 11.3 Å². The summed E-state index contributed by atoms with van der Waals surface area (Å²) in [6, 6.07) is 7.24. The molecule has 1 heterocycles. The number of nitrogens with two attached hydrogens (primary N) is 1. The van der Waals surface area contributed by atoms with Crippen LogP contribution in [0.25, 0.3) is 10.4 Å². The third kappa shape index (κ3) is 3.03. The van der Waals surface area contributed by atoms with E-state index in [1.165, 1.54) is 0 Å². The van der Waals surface area contributed by atoms with Crippen LogP contribution in [0.2, 0.25) is 0 Å². The highest BCUT2D eigenvalue weighted by Gasteiger charge is 2.18. The summed E-state index contributed by atoms with van der Waals surface area (Å²) in [4.78, 5) is 15.5. The molecule has 0 atom stereocenters. The van der Waals surface area contributed by atoms with Crippen LogP contribution in [0, 0.1) is 0 Å². The Balaban J connectivity index is 2.44. The Bertz CT molecular complexity index is 608. The van der Waals surface area contributed by atoms with Gasteiger partial charge >= 0.3 is 5.97 Å². The molecule has 0 aliphatic carbocycles. The van der Waals surface area contributed by atoms with Gasteiger partial charge in [0.2, 0.25) is 0 Å². The molecule has 0 aliphatic rings. The number of benzene rings is 1. The van der Waals surface area contributed by atoms with Gasteiger partial charge in [0.25, 0.3) is 0 Å². The molecular formula is C13H14N2O3S. The van der Waals surface area contributed by atoms with Gasteiger partial charge in [-0.15, -0.1) is 0 Å². The largest absolute Gasteiger partial charge is 0.491 e. The Labute approximate surface area is 114 Å². The monoisotopic (exact) mass is 278 g/mol. The number of hydrogen-bond donors (Lipinski definition) is 2. The van der Waals surface area contributed by atoms with Gasteiger partial charge < -0.3 is 15.6 Å².